The van der Waals surface area contributed by atoms with Crippen molar-refractivity contribution in [3.8, 4) is 0 Å². The van der Waals surface area contributed by atoms with Gasteiger partial charge in [-0.2, -0.15) is 23.5 Å². The van der Waals surface area contributed by atoms with Gasteiger partial charge in [-0.05, 0) is 64.5 Å². The Morgan fingerprint density at radius 2 is 0.796 bits per heavy atom. The van der Waals surface area contributed by atoms with Crippen molar-refractivity contribution in [2.45, 2.75) is 207 Å². The van der Waals surface area contributed by atoms with Crippen molar-refractivity contribution in [1.82, 2.24) is 4.90 Å². The van der Waals surface area contributed by atoms with Gasteiger partial charge in [0.25, 0.3) is 0 Å². The van der Waals surface area contributed by atoms with Gasteiger partial charge in [-0.15, -0.1) is 0 Å². The van der Waals surface area contributed by atoms with Crippen molar-refractivity contribution in [1.29, 1.82) is 0 Å². The summed E-state index contributed by atoms with van der Waals surface area (Å²) in [5.41, 5.74) is 0. The van der Waals surface area contributed by atoms with Gasteiger partial charge in [0.15, 0.2) is 0 Å². The van der Waals surface area contributed by atoms with Gasteiger partial charge in [0, 0.05) is 29.6 Å². The lowest BCUT2D eigenvalue weighted by atomic mass is 9.94. The van der Waals surface area contributed by atoms with Crippen LogP contribution in [0, 0.1) is 11.8 Å². The minimum absolute atomic E-state index is 0.0550. The molecule has 0 spiro atoms. The Balaban J connectivity index is 4.52. The minimum atomic E-state index is 0.0550. The van der Waals surface area contributed by atoms with Crippen LogP contribution >= 0.6 is 23.5 Å². The Labute approximate surface area is 345 Å². The quantitative estimate of drug-likeness (QED) is 0.0482. The average Bonchev–Trinajstić information content (AvgIpc) is 3.17. The van der Waals surface area contributed by atoms with Gasteiger partial charge < -0.3 is 19.5 Å². The maximum Gasteiger partial charge on any atom is 0.308 e. The van der Waals surface area contributed by atoms with E-state index in [1.807, 2.05) is 23.5 Å². The van der Waals surface area contributed by atoms with E-state index < -0.39 is 0 Å². The lowest BCUT2D eigenvalue weighted by Gasteiger charge is -2.22. The SMILES string of the molecule is CCCCCCC(CCCCCC)C(=O)OCCCCCCN(CCCCCCOC(=O)C(CCCCCC)CCCCCC)CCSCCSCCO. The largest absolute Gasteiger partial charge is 0.465 e. The molecule has 1 N–H and O–H groups in total. The van der Waals surface area contributed by atoms with Crippen LogP contribution in [0.15, 0.2) is 0 Å². The molecule has 0 saturated carbocycles. The summed E-state index contributed by atoms with van der Waals surface area (Å²) in [4.78, 5) is 28.5. The van der Waals surface area contributed by atoms with Crippen molar-refractivity contribution in [3.63, 3.8) is 0 Å². The van der Waals surface area contributed by atoms with Gasteiger partial charge in [-0.25, -0.2) is 0 Å². The molecule has 0 radical (unpaired) electrons. The van der Waals surface area contributed by atoms with Gasteiger partial charge in [0.2, 0.25) is 0 Å². The fourth-order valence-electron chi connectivity index (χ4n) is 7.11. The van der Waals surface area contributed by atoms with E-state index in [-0.39, 0.29) is 30.4 Å². The molecule has 0 aliphatic heterocycles. The van der Waals surface area contributed by atoms with Crippen LogP contribution in [0.25, 0.3) is 0 Å². The normalized spacial score (nSPS) is 11.7. The van der Waals surface area contributed by atoms with Crippen LogP contribution in [0.5, 0.6) is 0 Å². The molecule has 0 rings (SSSR count). The highest BCUT2D eigenvalue weighted by Gasteiger charge is 2.20. The highest BCUT2D eigenvalue weighted by atomic mass is 32.2. The Morgan fingerprint density at radius 1 is 0.444 bits per heavy atom. The molecule has 0 heterocycles. The van der Waals surface area contributed by atoms with Crippen molar-refractivity contribution in [2.24, 2.45) is 11.8 Å². The number of hydrogen-bond donors (Lipinski definition) is 1. The molecule has 0 bridgehead atoms. The van der Waals surface area contributed by atoms with Gasteiger partial charge >= 0.3 is 11.9 Å². The summed E-state index contributed by atoms with van der Waals surface area (Å²) >= 11 is 3.87. The summed E-state index contributed by atoms with van der Waals surface area (Å²) in [6, 6.07) is 0. The summed E-state index contributed by atoms with van der Waals surface area (Å²) < 4.78 is 11.6. The maximum absolute atomic E-state index is 12.9. The Hall–Kier alpha value is -0.440. The number of unbranched alkanes of at least 4 members (excludes halogenated alkanes) is 18. The van der Waals surface area contributed by atoms with E-state index >= 15 is 0 Å². The molecule has 0 aliphatic carbocycles. The second kappa shape index (κ2) is 43.7. The predicted molar refractivity (Wildman–Crippen MR) is 239 cm³/mol. The van der Waals surface area contributed by atoms with Gasteiger partial charge in [-0.1, -0.05) is 156 Å². The summed E-state index contributed by atoms with van der Waals surface area (Å²) in [5.74, 6) is 4.54. The average molecular weight is 802 g/mol. The maximum atomic E-state index is 12.9. The zero-order chi connectivity index (χ0) is 39.6. The summed E-state index contributed by atoms with van der Waals surface area (Å²) in [7, 11) is 0. The molecule has 0 aromatic carbocycles. The monoisotopic (exact) mass is 802 g/mol. The number of carbonyl (C=O) groups is 2. The van der Waals surface area contributed by atoms with Gasteiger partial charge in [0.05, 0.1) is 31.7 Å². The van der Waals surface area contributed by atoms with E-state index in [4.69, 9.17) is 14.6 Å². The van der Waals surface area contributed by atoms with Crippen LogP contribution in [0.1, 0.15) is 207 Å². The second-order valence-corrected chi connectivity index (χ2v) is 18.2. The number of rotatable bonds is 44. The molecular weight excluding hydrogens is 711 g/mol. The van der Waals surface area contributed by atoms with E-state index in [0.717, 1.165) is 120 Å². The van der Waals surface area contributed by atoms with Crippen LogP contribution < -0.4 is 0 Å². The van der Waals surface area contributed by atoms with Gasteiger partial charge in [-0.3, -0.25) is 9.59 Å². The van der Waals surface area contributed by atoms with E-state index in [1.54, 1.807) is 0 Å². The summed E-state index contributed by atoms with van der Waals surface area (Å²) in [6.07, 6.45) is 32.3. The first-order chi connectivity index (χ1) is 26.5. The molecule has 0 aromatic rings. The number of aliphatic hydroxyl groups excluding tert-OH is 1. The molecule has 0 amide bonds. The molecular formula is C46H91NO5S2. The molecule has 0 fully saturated rings. The Morgan fingerprint density at radius 3 is 1.17 bits per heavy atom. The Kier molecular flexibility index (Phi) is 43.3. The molecule has 6 nitrogen and oxygen atoms in total. The molecule has 0 saturated heterocycles. The van der Waals surface area contributed by atoms with Crippen molar-refractivity contribution in [3.05, 3.63) is 0 Å². The zero-order valence-corrected chi connectivity index (χ0v) is 38.0. The molecule has 0 unspecified atom stereocenters. The number of aliphatic hydroxyl groups is 1. The molecule has 322 valence electrons. The smallest absolute Gasteiger partial charge is 0.308 e. The lowest BCUT2D eigenvalue weighted by Crippen LogP contribution is -2.28. The topological polar surface area (TPSA) is 76.1 Å². The van der Waals surface area contributed by atoms with Crippen molar-refractivity contribution >= 4 is 35.5 Å². The minimum Gasteiger partial charge on any atom is -0.465 e. The van der Waals surface area contributed by atoms with E-state index in [2.05, 4.69) is 32.6 Å². The number of nitrogens with zero attached hydrogens (tertiary/aromatic N) is 1. The Bertz CT molecular complexity index is 710. The number of carbonyl (C=O) groups excluding carboxylic acids is 2. The first kappa shape index (κ1) is 53.6. The van der Waals surface area contributed by atoms with Crippen LogP contribution in [0.3, 0.4) is 0 Å². The second-order valence-electron chi connectivity index (χ2n) is 15.7. The number of ether oxygens (including phenoxy) is 2. The first-order valence-electron chi connectivity index (χ1n) is 23.4. The molecule has 0 aliphatic rings. The van der Waals surface area contributed by atoms with Crippen LogP contribution in [0.2, 0.25) is 0 Å². The highest BCUT2D eigenvalue weighted by molar-refractivity contribution is 8.02. The van der Waals surface area contributed by atoms with E-state index in [0.29, 0.717) is 13.2 Å². The fourth-order valence-corrected chi connectivity index (χ4v) is 8.98. The molecule has 0 aromatic heterocycles. The highest BCUT2D eigenvalue weighted by Crippen LogP contribution is 2.22. The number of thioether (sulfide) groups is 2. The summed E-state index contributed by atoms with van der Waals surface area (Å²) in [5, 5.41) is 9.03. The fraction of sp³-hybridized carbons (Fsp3) is 0.957. The van der Waals surface area contributed by atoms with Crippen LogP contribution in [-0.4, -0.2) is 84.4 Å². The number of hydrogen-bond acceptors (Lipinski definition) is 8. The molecule has 54 heavy (non-hydrogen) atoms. The third-order valence-corrected chi connectivity index (χ3v) is 12.9. The summed E-state index contributed by atoms with van der Waals surface area (Å²) in [6.45, 7) is 13.8. The van der Waals surface area contributed by atoms with E-state index in [9.17, 15) is 9.59 Å². The first-order valence-corrected chi connectivity index (χ1v) is 25.7. The number of esters is 2. The lowest BCUT2D eigenvalue weighted by molar-refractivity contribution is -0.150. The zero-order valence-electron chi connectivity index (χ0n) is 36.4. The van der Waals surface area contributed by atoms with Gasteiger partial charge in [0.1, 0.15) is 0 Å². The van der Waals surface area contributed by atoms with Crippen LogP contribution in [0.4, 0.5) is 0 Å². The van der Waals surface area contributed by atoms with E-state index in [1.165, 1.54) is 103 Å². The molecule has 8 heteroatoms. The molecule has 0 atom stereocenters. The van der Waals surface area contributed by atoms with Crippen molar-refractivity contribution in [2.75, 3.05) is 62.5 Å². The van der Waals surface area contributed by atoms with Crippen LogP contribution in [-0.2, 0) is 19.1 Å². The third-order valence-electron chi connectivity index (χ3n) is 10.7. The third kappa shape index (κ3) is 35.9. The van der Waals surface area contributed by atoms with Crippen molar-refractivity contribution < 1.29 is 24.2 Å². The predicted octanol–water partition coefficient (Wildman–Crippen LogP) is 13.1. The standard InChI is InChI=1S/C46H91NO5S2/c1-5-9-13-21-29-43(30-22-14-10-6-2)45(49)51-37-27-19-17-25-33-47(35-39-53-41-42-54-40-36-48)34-26-18-20-28-38-52-46(50)44(31-23-15-11-7-3)32-24-16-12-8-4/h43-44,48H,5-42H2,1-4H3.